The number of fused-ring (bicyclic) bond motifs is 2. The summed E-state index contributed by atoms with van der Waals surface area (Å²) < 4.78 is 1.93. The number of rotatable bonds is 4. The lowest BCUT2D eigenvalue weighted by atomic mass is 9.95. The molecule has 2 bridgehead atoms. The van der Waals surface area contributed by atoms with E-state index < -0.39 is 0 Å². The van der Waals surface area contributed by atoms with Gasteiger partial charge in [-0.25, -0.2) is 4.68 Å². The molecule has 0 saturated heterocycles. The van der Waals surface area contributed by atoms with E-state index in [1.165, 1.54) is 12.8 Å². The van der Waals surface area contributed by atoms with Crippen molar-refractivity contribution in [1.29, 1.82) is 0 Å². The molecule has 0 radical (unpaired) electrons. The maximum atomic E-state index is 6.44. The predicted octanol–water partition coefficient (Wildman–Crippen LogP) is 5.88. The average Bonchev–Trinajstić information content (AvgIpc) is 3.28. The summed E-state index contributed by atoms with van der Waals surface area (Å²) >= 11 is 14.1. The van der Waals surface area contributed by atoms with Gasteiger partial charge in [-0.15, -0.1) is 11.3 Å². The van der Waals surface area contributed by atoms with Crippen LogP contribution in [0, 0.1) is 17.8 Å². The van der Waals surface area contributed by atoms with E-state index in [1.54, 1.807) is 17.4 Å². The molecule has 3 atom stereocenters. The molecule has 1 saturated carbocycles. The summed E-state index contributed by atoms with van der Waals surface area (Å²) in [6, 6.07) is 5.77. The Balaban J connectivity index is 1.75. The molecule has 2 aromatic rings. The van der Waals surface area contributed by atoms with Gasteiger partial charge in [0.2, 0.25) is 4.80 Å². The standard InChI is InChI=1S/C20H21Cl2N3S/c1-12(2)24-20-25(23-10-15-8-13-3-4-14(15)7-13)19(11-26-20)17-6-5-16(21)9-18(17)22/h3-6,9-15H,7-8H2,1-2H3. The Kier molecular flexibility index (Phi) is 5.09. The molecule has 2 aliphatic rings. The largest absolute Gasteiger partial charge is 0.255 e. The van der Waals surface area contributed by atoms with Gasteiger partial charge in [0.25, 0.3) is 0 Å². The maximum absolute atomic E-state index is 6.44. The molecular formula is C20H21Cl2N3S. The van der Waals surface area contributed by atoms with E-state index in [1.807, 2.05) is 16.8 Å². The normalized spacial score (nSPS) is 25.3. The lowest BCUT2D eigenvalue weighted by molar-refractivity contribution is 0.589. The molecule has 3 unspecified atom stereocenters. The topological polar surface area (TPSA) is 29.6 Å². The second-order valence-electron chi connectivity index (χ2n) is 7.27. The Bertz CT molecular complexity index is 939. The van der Waals surface area contributed by atoms with Crippen LogP contribution in [0.15, 0.2) is 45.8 Å². The van der Waals surface area contributed by atoms with Gasteiger partial charge in [-0.3, -0.25) is 4.99 Å². The highest BCUT2D eigenvalue weighted by atomic mass is 35.5. The average molecular weight is 406 g/mol. The van der Waals surface area contributed by atoms with Gasteiger partial charge in [0, 0.05) is 34.1 Å². The lowest BCUT2D eigenvalue weighted by Crippen LogP contribution is -2.16. The van der Waals surface area contributed by atoms with Gasteiger partial charge in [-0.05, 0) is 56.7 Å². The van der Waals surface area contributed by atoms with Crippen LogP contribution in [0.1, 0.15) is 26.7 Å². The summed E-state index contributed by atoms with van der Waals surface area (Å²) in [7, 11) is 0. The number of nitrogens with zero attached hydrogens (tertiary/aromatic N) is 3. The molecule has 1 fully saturated rings. The van der Waals surface area contributed by atoms with Crippen molar-refractivity contribution in [3.8, 4) is 11.3 Å². The fraction of sp³-hybridized carbons (Fsp3) is 0.400. The molecule has 0 spiro atoms. The first-order chi connectivity index (χ1) is 12.5. The maximum Gasteiger partial charge on any atom is 0.206 e. The van der Waals surface area contributed by atoms with Crippen LogP contribution in [0.2, 0.25) is 10.0 Å². The lowest BCUT2D eigenvalue weighted by Gasteiger charge is -2.13. The molecule has 0 N–H and O–H groups in total. The summed E-state index contributed by atoms with van der Waals surface area (Å²) in [4.78, 5) is 5.62. The monoisotopic (exact) mass is 405 g/mol. The summed E-state index contributed by atoms with van der Waals surface area (Å²) in [5.74, 6) is 1.88. The molecule has 0 amide bonds. The zero-order chi connectivity index (χ0) is 18.3. The van der Waals surface area contributed by atoms with Gasteiger partial charge in [-0.2, -0.15) is 5.10 Å². The van der Waals surface area contributed by atoms with Crippen LogP contribution in [0.4, 0.5) is 0 Å². The SMILES string of the molecule is CC(C)N=c1scc(-c2ccc(Cl)cc2Cl)n1N=CC1CC2C=CC1C2. The minimum Gasteiger partial charge on any atom is -0.255 e. The second-order valence-corrected chi connectivity index (χ2v) is 8.95. The van der Waals surface area contributed by atoms with E-state index in [4.69, 9.17) is 33.3 Å². The number of hydrogen-bond acceptors (Lipinski definition) is 3. The van der Waals surface area contributed by atoms with Crippen LogP contribution >= 0.6 is 34.5 Å². The molecule has 136 valence electrons. The molecule has 1 heterocycles. The first-order valence-electron chi connectivity index (χ1n) is 8.94. The minimum absolute atomic E-state index is 0.203. The first kappa shape index (κ1) is 18.0. The predicted molar refractivity (Wildman–Crippen MR) is 111 cm³/mol. The highest BCUT2D eigenvalue weighted by Crippen LogP contribution is 2.42. The third-order valence-electron chi connectivity index (χ3n) is 4.96. The molecular weight excluding hydrogens is 385 g/mol. The minimum atomic E-state index is 0.203. The van der Waals surface area contributed by atoms with Crippen molar-refractivity contribution in [3.63, 3.8) is 0 Å². The highest BCUT2D eigenvalue weighted by molar-refractivity contribution is 7.07. The fourth-order valence-electron chi connectivity index (χ4n) is 3.75. The Hall–Kier alpha value is -1.36. The fourth-order valence-corrected chi connectivity index (χ4v) is 5.22. The van der Waals surface area contributed by atoms with Crippen LogP contribution in [0.3, 0.4) is 0 Å². The molecule has 0 aliphatic heterocycles. The Morgan fingerprint density at radius 3 is 2.73 bits per heavy atom. The number of halogens is 2. The van der Waals surface area contributed by atoms with Crippen molar-refractivity contribution >= 4 is 40.8 Å². The quantitative estimate of drug-likeness (QED) is 0.449. The molecule has 1 aromatic heterocycles. The Morgan fingerprint density at radius 2 is 2.08 bits per heavy atom. The summed E-state index contributed by atoms with van der Waals surface area (Å²) in [5.41, 5.74) is 1.87. The number of benzene rings is 1. The van der Waals surface area contributed by atoms with Crippen LogP contribution in [0.5, 0.6) is 0 Å². The molecule has 2 aliphatic carbocycles. The van der Waals surface area contributed by atoms with Gasteiger partial charge in [0.15, 0.2) is 0 Å². The van der Waals surface area contributed by atoms with E-state index in [-0.39, 0.29) is 6.04 Å². The summed E-state index contributed by atoms with van der Waals surface area (Å²) in [6.07, 6.45) is 9.27. The third-order valence-corrected chi connectivity index (χ3v) is 6.34. The van der Waals surface area contributed by atoms with Crippen LogP contribution in [-0.4, -0.2) is 16.9 Å². The van der Waals surface area contributed by atoms with E-state index in [9.17, 15) is 0 Å². The molecule has 26 heavy (non-hydrogen) atoms. The Labute approximate surface area is 167 Å². The number of aromatic nitrogens is 1. The van der Waals surface area contributed by atoms with E-state index >= 15 is 0 Å². The second kappa shape index (κ2) is 7.34. The number of hydrogen-bond donors (Lipinski definition) is 0. The van der Waals surface area contributed by atoms with Gasteiger partial charge >= 0.3 is 0 Å². The van der Waals surface area contributed by atoms with Gasteiger partial charge in [-0.1, -0.05) is 35.4 Å². The van der Waals surface area contributed by atoms with E-state index in [0.717, 1.165) is 22.0 Å². The van der Waals surface area contributed by atoms with Crippen molar-refractivity contribution < 1.29 is 0 Å². The van der Waals surface area contributed by atoms with Crippen molar-refractivity contribution in [2.75, 3.05) is 0 Å². The molecule has 3 nitrogen and oxygen atoms in total. The van der Waals surface area contributed by atoms with Crippen molar-refractivity contribution in [2.24, 2.45) is 27.8 Å². The van der Waals surface area contributed by atoms with Crippen LogP contribution in [0.25, 0.3) is 11.3 Å². The van der Waals surface area contributed by atoms with Gasteiger partial charge in [0.05, 0.1) is 10.7 Å². The zero-order valence-electron chi connectivity index (χ0n) is 14.8. The number of thiazole rings is 1. The van der Waals surface area contributed by atoms with Crippen molar-refractivity contribution in [2.45, 2.75) is 32.7 Å². The van der Waals surface area contributed by atoms with Crippen molar-refractivity contribution in [3.05, 3.63) is 50.6 Å². The van der Waals surface area contributed by atoms with E-state index in [0.29, 0.717) is 21.9 Å². The smallest absolute Gasteiger partial charge is 0.206 e. The third kappa shape index (κ3) is 3.55. The zero-order valence-corrected chi connectivity index (χ0v) is 17.1. The molecule has 4 rings (SSSR count). The molecule has 6 heteroatoms. The highest BCUT2D eigenvalue weighted by Gasteiger charge is 2.34. The first-order valence-corrected chi connectivity index (χ1v) is 10.6. The summed E-state index contributed by atoms with van der Waals surface area (Å²) in [6.45, 7) is 4.15. The van der Waals surface area contributed by atoms with Crippen LogP contribution in [-0.2, 0) is 0 Å². The Morgan fingerprint density at radius 1 is 1.23 bits per heavy atom. The van der Waals surface area contributed by atoms with Crippen LogP contribution < -0.4 is 4.80 Å². The van der Waals surface area contributed by atoms with Crippen molar-refractivity contribution in [1.82, 2.24) is 4.68 Å². The number of allylic oxidation sites excluding steroid dienone is 2. The van der Waals surface area contributed by atoms with E-state index in [2.05, 4.69) is 37.6 Å². The molecule has 1 aromatic carbocycles. The van der Waals surface area contributed by atoms with Gasteiger partial charge in [0.1, 0.15) is 0 Å². The van der Waals surface area contributed by atoms with Gasteiger partial charge < -0.3 is 0 Å². The summed E-state index contributed by atoms with van der Waals surface area (Å²) in [5, 5.41) is 8.16.